The molecule has 1 heterocycles. The maximum Gasteiger partial charge on any atom is 0.238 e. The quantitative estimate of drug-likeness (QED) is 0.802. The van der Waals surface area contributed by atoms with Gasteiger partial charge in [-0.2, -0.15) is 0 Å². The molecule has 1 aromatic heterocycles. The lowest BCUT2D eigenvalue weighted by Crippen LogP contribution is -2.23. The summed E-state index contributed by atoms with van der Waals surface area (Å²) in [6, 6.07) is 10.7. The van der Waals surface area contributed by atoms with Gasteiger partial charge < -0.3 is 5.32 Å². The van der Waals surface area contributed by atoms with Crippen LogP contribution in [-0.2, 0) is 16.6 Å². The highest BCUT2D eigenvalue weighted by atomic mass is 32.2. The maximum absolute atomic E-state index is 11.5. The van der Waals surface area contributed by atoms with Crippen LogP contribution in [0.4, 0.5) is 5.69 Å². The molecule has 1 aromatic carbocycles. The maximum atomic E-state index is 11.5. The molecule has 0 aliphatic heterocycles. The van der Waals surface area contributed by atoms with Gasteiger partial charge >= 0.3 is 0 Å². The Morgan fingerprint density at radius 1 is 1.29 bits per heavy atom. The third-order valence-electron chi connectivity index (χ3n) is 3.94. The first-order valence-electron chi connectivity index (χ1n) is 7.83. The van der Waals surface area contributed by atoms with Gasteiger partial charge in [-0.1, -0.05) is 12.1 Å². The number of hydrogen-bond donors (Lipinski definition) is 2. The van der Waals surface area contributed by atoms with Crippen LogP contribution in [0, 0.1) is 0 Å². The fourth-order valence-corrected chi connectivity index (χ4v) is 3.05. The number of benzene rings is 1. The first-order valence-corrected chi connectivity index (χ1v) is 9.37. The van der Waals surface area contributed by atoms with Crippen LogP contribution in [0.1, 0.15) is 31.1 Å². The van der Waals surface area contributed by atoms with Crippen LogP contribution in [0.2, 0.25) is 0 Å². The van der Waals surface area contributed by atoms with E-state index in [1.54, 1.807) is 18.3 Å². The summed E-state index contributed by atoms with van der Waals surface area (Å²) in [6.45, 7) is 5.58. The average Bonchev–Trinajstić information content (AvgIpc) is 2.54. The van der Waals surface area contributed by atoms with E-state index in [9.17, 15) is 8.42 Å². The van der Waals surface area contributed by atoms with Crippen LogP contribution >= 0.6 is 0 Å². The fourth-order valence-electron chi connectivity index (χ4n) is 2.48. The number of anilines is 1. The number of primary sulfonamides is 1. The molecule has 0 spiro atoms. The van der Waals surface area contributed by atoms with Gasteiger partial charge in [0.25, 0.3) is 0 Å². The summed E-state index contributed by atoms with van der Waals surface area (Å²) >= 11 is 0. The summed E-state index contributed by atoms with van der Waals surface area (Å²) < 4.78 is 23.0. The molecule has 0 unspecified atom stereocenters. The predicted molar refractivity (Wildman–Crippen MR) is 96.1 cm³/mol. The molecule has 0 bridgehead atoms. The third kappa shape index (κ3) is 4.77. The Kier molecular flexibility index (Phi) is 5.93. The molecule has 0 aliphatic carbocycles. The van der Waals surface area contributed by atoms with E-state index in [-0.39, 0.29) is 10.9 Å². The van der Waals surface area contributed by atoms with Gasteiger partial charge in [0.05, 0.1) is 10.6 Å². The van der Waals surface area contributed by atoms with E-state index in [0.717, 1.165) is 23.5 Å². The van der Waals surface area contributed by atoms with Gasteiger partial charge in [-0.25, -0.2) is 13.6 Å². The van der Waals surface area contributed by atoms with Crippen LogP contribution in [-0.4, -0.2) is 31.9 Å². The monoisotopic (exact) mass is 348 g/mol. The highest BCUT2D eigenvalue weighted by molar-refractivity contribution is 7.89. The van der Waals surface area contributed by atoms with E-state index in [1.165, 1.54) is 6.07 Å². The second-order valence-corrected chi connectivity index (χ2v) is 7.34. The van der Waals surface area contributed by atoms with Gasteiger partial charge in [0.2, 0.25) is 10.0 Å². The first kappa shape index (κ1) is 18.4. The highest BCUT2D eigenvalue weighted by Gasteiger charge is 2.15. The average molecular weight is 348 g/mol. The van der Waals surface area contributed by atoms with E-state index in [1.807, 2.05) is 39.1 Å². The minimum Gasteiger partial charge on any atom is -0.385 e. The SMILES string of the molecule is CCNc1ccnc(CN(C)[C@H](C)c2cccc(S(N)(=O)=O)c2)c1. The largest absolute Gasteiger partial charge is 0.385 e. The second-order valence-electron chi connectivity index (χ2n) is 5.77. The van der Waals surface area contributed by atoms with Gasteiger partial charge in [0.15, 0.2) is 0 Å². The zero-order chi connectivity index (χ0) is 17.7. The molecule has 3 N–H and O–H groups in total. The highest BCUT2D eigenvalue weighted by Crippen LogP contribution is 2.23. The van der Waals surface area contributed by atoms with E-state index < -0.39 is 10.0 Å². The molecule has 0 radical (unpaired) electrons. The van der Waals surface area contributed by atoms with Gasteiger partial charge in [0, 0.05) is 31.0 Å². The van der Waals surface area contributed by atoms with Crippen molar-refractivity contribution in [1.82, 2.24) is 9.88 Å². The zero-order valence-electron chi connectivity index (χ0n) is 14.2. The van der Waals surface area contributed by atoms with Gasteiger partial charge in [-0.05, 0) is 50.7 Å². The standard InChI is InChI=1S/C17H24N4O2S/c1-4-19-15-8-9-20-16(11-15)12-21(3)13(2)14-6-5-7-17(10-14)24(18,22)23/h5-11,13H,4,12H2,1-3H3,(H,19,20)(H2,18,22,23)/t13-/m1/s1. The van der Waals surface area contributed by atoms with Crippen molar-refractivity contribution in [3.63, 3.8) is 0 Å². The minimum atomic E-state index is -3.69. The molecule has 1 atom stereocenters. The topological polar surface area (TPSA) is 88.3 Å². The molecule has 0 aliphatic rings. The number of hydrogen-bond acceptors (Lipinski definition) is 5. The molecule has 0 fully saturated rings. The molecule has 130 valence electrons. The summed E-state index contributed by atoms with van der Waals surface area (Å²) in [5.41, 5.74) is 2.89. The second kappa shape index (κ2) is 7.74. The van der Waals surface area contributed by atoms with E-state index >= 15 is 0 Å². The van der Waals surface area contributed by atoms with Crippen LogP contribution in [0.5, 0.6) is 0 Å². The molecule has 24 heavy (non-hydrogen) atoms. The summed E-state index contributed by atoms with van der Waals surface area (Å²) in [7, 11) is -1.71. The molecule has 6 nitrogen and oxygen atoms in total. The molecule has 0 saturated heterocycles. The summed E-state index contributed by atoms with van der Waals surface area (Å²) in [5.74, 6) is 0. The predicted octanol–water partition coefficient (Wildman–Crippen LogP) is 2.35. The van der Waals surface area contributed by atoms with Crippen molar-refractivity contribution >= 4 is 15.7 Å². The smallest absolute Gasteiger partial charge is 0.238 e. The van der Waals surface area contributed by atoms with E-state index in [0.29, 0.717) is 6.54 Å². The number of aromatic nitrogens is 1. The molecule has 2 aromatic rings. The number of nitrogens with zero attached hydrogens (tertiary/aromatic N) is 2. The number of nitrogens with one attached hydrogen (secondary N) is 1. The molecular formula is C17H24N4O2S. The lowest BCUT2D eigenvalue weighted by molar-refractivity contribution is 0.250. The summed E-state index contributed by atoms with van der Waals surface area (Å²) in [6.07, 6.45) is 1.79. The van der Waals surface area contributed by atoms with Crippen LogP contribution < -0.4 is 10.5 Å². The Labute approximate surface area is 143 Å². The Hall–Kier alpha value is -1.96. The lowest BCUT2D eigenvalue weighted by Gasteiger charge is -2.25. The van der Waals surface area contributed by atoms with Gasteiger partial charge in [-0.3, -0.25) is 9.88 Å². The summed E-state index contributed by atoms with van der Waals surface area (Å²) in [5, 5.41) is 8.48. The molecular weight excluding hydrogens is 324 g/mol. The molecule has 0 amide bonds. The van der Waals surface area contributed by atoms with E-state index in [2.05, 4.69) is 15.2 Å². The van der Waals surface area contributed by atoms with Gasteiger partial charge in [0.1, 0.15) is 0 Å². The normalized spacial score (nSPS) is 13.0. The summed E-state index contributed by atoms with van der Waals surface area (Å²) in [4.78, 5) is 6.64. The van der Waals surface area contributed by atoms with Crippen molar-refractivity contribution in [2.75, 3.05) is 18.9 Å². The van der Waals surface area contributed by atoms with Crippen molar-refractivity contribution in [3.8, 4) is 0 Å². The number of nitrogens with two attached hydrogens (primary N) is 1. The van der Waals surface area contributed by atoms with Crippen molar-refractivity contribution in [2.24, 2.45) is 5.14 Å². The Morgan fingerprint density at radius 2 is 2.04 bits per heavy atom. The Balaban J connectivity index is 2.15. The molecule has 0 saturated carbocycles. The Morgan fingerprint density at radius 3 is 2.71 bits per heavy atom. The van der Waals surface area contributed by atoms with Gasteiger partial charge in [-0.15, -0.1) is 0 Å². The van der Waals surface area contributed by atoms with Crippen molar-refractivity contribution < 1.29 is 8.42 Å². The number of sulfonamides is 1. The zero-order valence-corrected chi connectivity index (χ0v) is 15.0. The van der Waals surface area contributed by atoms with Crippen molar-refractivity contribution in [2.45, 2.75) is 31.3 Å². The third-order valence-corrected chi connectivity index (χ3v) is 4.85. The number of pyridine rings is 1. The van der Waals surface area contributed by atoms with Crippen molar-refractivity contribution in [1.29, 1.82) is 0 Å². The van der Waals surface area contributed by atoms with E-state index in [4.69, 9.17) is 5.14 Å². The fraction of sp³-hybridized carbons (Fsp3) is 0.353. The molecule has 7 heteroatoms. The van der Waals surface area contributed by atoms with Crippen molar-refractivity contribution in [3.05, 3.63) is 53.9 Å². The number of rotatable bonds is 7. The molecule has 2 rings (SSSR count). The first-order chi connectivity index (χ1) is 11.3. The minimum absolute atomic E-state index is 0.0243. The van der Waals surface area contributed by atoms with Crippen LogP contribution in [0.25, 0.3) is 0 Å². The lowest BCUT2D eigenvalue weighted by atomic mass is 10.1. The Bertz CT molecular complexity index is 793. The van der Waals surface area contributed by atoms with Crippen LogP contribution in [0.3, 0.4) is 0 Å². The van der Waals surface area contributed by atoms with Crippen LogP contribution in [0.15, 0.2) is 47.5 Å².